The first-order valence-corrected chi connectivity index (χ1v) is 5.61. The van der Waals surface area contributed by atoms with E-state index in [1.165, 1.54) is 16.0 Å². The van der Waals surface area contributed by atoms with E-state index in [-0.39, 0.29) is 5.54 Å². The van der Waals surface area contributed by atoms with Gasteiger partial charge in [-0.3, -0.25) is 0 Å². The number of thioether (sulfide) groups is 1. The van der Waals surface area contributed by atoms with Crippen molar-refractivity contribution < 1.29 is 0 Å². The Hall–Kier alpha value is -0.470. The Morgan fingerprint density at radius 3 is 2.38 bits per heavy atom. The van der Waals surface area contributed by atoms with Crippen molar-refractivity contribution in [2.24, 2.45) is 5.73 Å². The first-order valence-electron chi connectivity index (χ1n) is 4.39. The van der Waals surface area contributed by atoms with Gasteiger partial charge in [0.25, 0.3) is 0 Å². The van der Waals surface area contributed by atoms with E-state index >= 15 is 0 Å². The normalized spacial score (nSPS) is 11.8. The summed E-state index contributed by atoms with van der Waals surface area (Å²) in [6.45, 7) is 6.18. The summed E-state index contributed by atoms with van der Waals surface area (Å²) in [5.74, 6) is 0. The predicted octanol–water partition coefficient (Wildman–Crippen LogP) is 2.91. The van der Waals surface area contributed by atoms with Gasteiger partial charge in [-0.2, -0.15) is 0 Å². The molecule has 1 aromatic carbocycles. The molecule has 0 atom stereocenters. The third-order valence-electron chi connectivity index (χ3n) is 2.05. The number of rotatable bonds is 2. The highest BCUT2D eigenvalue weighted by Crippen LogP contribution is 2.28. The van der Waals surface area contributed by atoms with E-state index in [2.05, 4.69) is 31.4 Å². The molecule has 0 aliphatic carbocycles. The van der Waals surface area contributed by atoms with E-state index < -0.39 is 0 Å². The van der Waals surface area contributed by atoms with Crippen LogP contribution in [0.25, 0.3) is 0 Å². The summed E-state index contributed by atoms with van der Waals surface area (Å²) in [6, 6.07) is 6.43. The quantitative estimate of drug-likeness (QED) is 0.734. The molecule has 72 valence electrons. The lowest BCUT2D eigenvalue weighted by atomic mass is 9.95. The summed E-state index contributed by atoms with van der Waals surface area (Å²) >= 11 is 1.76. The lowest BCUT2D eigenvalue weighted by Gasteiger charge is -2.22. The van der Waals surface area contributed by atoms with Crippen LogP contribution in [-0.4, -0.2) is 6.26 Å². The Bertz CT molecular complexity index is 299. The molecule has 0 aromatic heterocycles. The molecule has 0 amide bonds. The molecule has 0 radical (unpaired) electrons. The predicted molar refractivity (Wildman–Crippen MR) is 60.2 cm³/mol. The number of benzene rings is 1. The van der Waals surface area contributed by atoms with E-state index in [0.29, 0.717) is 0 Å². The van der Waals surface area contributed by atoms with Crippen molar-refractivity contribution in [3.05, 3.63) is 29.3 Å². The largest absolute Gasteiger partial charge is 0.322 e. The van der Waals surface area contributed by atoms with Crippen molar-refractivity contribution >= 4 is 11.8 Å². The van der Waals surface area contributed by atoms with Gasteiger partial charge in [-0.1, -0.05) is 12.1 Å². The molecule has 1 aromatic rings. The maximum absolute atomic E-state index is 6.07. The molecule has 2 heteroatoms. The Labute approximate surface area is 84.7 Å². The van der Waals surface area contributed by atoms with Crippen LogP contribution in [0.1, 0.15) is 25.0 Å². The molecular weight excluding hydrogens is 178 g/mol. The van der Waals surface area contributed by atoms with Crippen LogP contribution >= 0.6 is 11.8 Å². The van der Waals surface area contributed by atoms with Gasteiger partial charge >= 0.3 is 0 Å². The van der Waals surface area contributed by atoms with E-state index in [1.807, 2.05) is 13.8 Å². The molecule has 0 unspecified atom stereocenters. The third-order valence-corrected chi connectivity index (χ3v) is 2.83. The van der Waals surface area contributed by atoms with Gasteiger partial charge in [0.05, 0.1) is 0 Å². The minimum absolute atomic E-state index is 0.244. The zero-order valence-corrected chi connectivity index (χ0v) is 9.53. The zero-order chi connectivity index (χ0) is 10.1. The smallest absolute Gasteiger partial charge is 0.0363 e. The molecule has 1 nitrogen and oxygen atoms in total. The summed E-state index contributed by atoms with van der Waals surface area (Å²) in [4.78, 5) is 1.28. The summed E-state index contributed by atoms with van der Waals surface area (Å²) in [5.41, 5.74) is 8.34. The molecule has 0 saturated heterocycles. The highest BCUT2D eigenvalue weighted by molar-refractivity contribution is 7.98. The van der Waals surface area contributed by atoms with E-state index in [0.717, 1.165) is 0 Å². The van der Waals surface area contributed by atoms with Crippen LogP contribution in [0, 0.1) is 6.92 Å². The molecule has 0 aliphatic rings. The van der Waals surface area contributed by atoms with Crippen molar-refractivity contribution in [1.29, 1.82) is 0 Å². The molecule has 0 spiro atoms. The van der Waals surface area contributed by atoms with Gasteiger partial charge in [-0.05, 0) is 44.2 Å². The average molecular weight is 195 g/mol. The average Bonchev–Trinajstić information content (AvgIpc) is 2.01. The van der Waals surface area contributed by atoms with E-state index in [1.54, 1.807) is 11.8 Å². The highest BCUT2D eigenvalue weighted by Gasteiger charge is 2.17. The second-order valence-electron chi connectivity index (χ2n) is 3.93. The van der Waals surface area contributed by atoms with Gasteiger partial charge < -0.3 is 5.73 Å². The molecule has 2 N–H and O–H groups in total. The van der Waals surface area contributed by atoms with Gasteiger partial charge in [0.15, 0.2) is 0 Å². The molecule has 0 saturated carbocycles. The Balaban J connectivity index is 3.22. The monoisotopic (exact) mass is 195 g/mol. The van der Waals surface area contributed by atoms with Crippen LogP contribution in [0.5, 0.6) is 0 Å². The lowest BCUT2D eigenvalue weighted by Crippen LogP contribution is -2.29. The van der Waals surface area contributed by atoms with Crippen LogP contribution in [-0.2, 0) is 5.54 Å². The first-order chi connectivity index (χ1) is 5.95. The standard InChI is InChI=1S/C11H17NS/c1-8-5-6-9(11(2,3)12)10(7-8)13-4/h5-7H,12H2,1-4H3. The maximum atomic E-state index is 6.07. The number of hydrogen-bond acceptors (Lipinski definition) is 2. The maximum Gasteiger partial charge on any atom is 0.0363 e. The van der Waals surface area contributed by atoms with Gasteiger partial charge in [-0.25, -0.2) is 0 Å². The van der Waals surface area contributed by atoms with Gasteiger partial charge in [-0.15, -0.1) is 11.8 Å². The minimum Gasteiger partial charge on any atom is -0.322 e. The summed E-state index contributed by atoms with van der Waals surface area (Å²) in [5, 5.41) is 0. The van der Waals surface area contributed by atoms with Crippen molar-refractivity contribution in [2.45, 2.75) is 31.2 Å². The summed E-state index contributed by atoms with van der Waals surface area (Å²) < 4.78 is 0. The Kier molecular flexibility index (Phi) is 3.04. The van der Waals surface area contributed by atoms with Crippen molar-refractivity contribution in [2.75, 3.05) is 6.26 Å². The molecule has 13 heavy (non-hydrogen) atoms. The molecular formula is C11H17NS. The van der Waals surface area contributed by atoms with Crippen LogP contribution in [0.15, 0.2) is 23.1 Å². The molecule has 0 heterocycles. The van der Waals surface area contributed by atoms with E-state index in [9.17, 15) is 0 Å². The van der Waals surface area contributed by atoms with Crippen LogP contribution in [0.2, 0.25) is 0 Å². The highest BCUT2D eigenvalue weighted by atomic mass is 32.2. The Morgan fingerprint density at radius 1 is 1.31 bits per heavy atom. The Morgan fingerprint density at radius 2 is 1.92 bits per heavy atom. The number of nitrogens with two attached hydrogens (primary N) is 1. The second-order valence-corrected chi connectivity index (χ2v) is 4.77. The van der Waals surface area contributed by atoms with Crippen LogP contribution in [0.4, 0.5) is 0 Å². The van der Waals surface area contributed by atoms with Crippen LogP contribution in [0.3, 0.4) is 0 Å². The SMILES string of the molecule is CSc1cc(C)ccc1C(C)(C)N. The van der Waals surface area contributed by atoms with Gasteiger partial charge in [0.1, 0.15) is 0 Å². The molecule has 0 aliphatic heterocycles. The van der Waals surface area contributed by atoms with Crippen LogP contribution < -0.4 is 5.73 Å². The molecule has 0 bridgehead atoms. The number of hydrogen-bond donors (Lipinski definition) is 1. The fourth-order valence-corrected chi connectivity index (χ4v) is 2.19. The van der Waals surface area contributed by atoms with Crippen molar-refractivity contribution in [3.63, 3.8) is 0 Å². The topological polar surface area (TPSA) is 26.0 Å². The second kappa shape index (κ2) is 3.72. The lowest BCUT2D eigenvalue weighted by molar-refractivity contribution is 0.543. The summed E-state index contributed by atoms with van der Waals surface area (Å²) in [7, 11) is 0. The minimum atomic E-state index is -0.244. The van der Waals surface area contributed by atoms with Crippen molar-refractivity contribution in [1.82, 2.24) is 0 Å². The van der Waals surface area contributed by atoms with Gasteiger partial charge in [0.2, 0.25) is 0 Å². The summed E-state index contributed by atoms with van der Waals surface area (Å²) in [6.07, 6.45) is 2.09. The molecule has 1 rings (SSSR count). The van der Waals surface area contributed by atoms with Gasteiger partial charge in [0, 0.05) is 10.4 Å². The third kappa shape index (κ3) is 2.48. The zero-order valence-electron chi connectivity index (χ0n) is 8.72. The first kappa shape index (κ1) is 10.6. The number of aryl methyl sites for hydroxylation is 1. The molecule has 0 fully saturated rings. The fourth-order valence-electron chi connectivity index (χ4n) is 1.33. The van der Waals surface area contributed by atoms with Crippen molar-refractivity contribution in [3.8, 4) is 0 Å². The fraction of sp³-hybridized carbons (Fsp3) is 0.455. The van der Waals surface area contributed by atoms with E-state index in [4.69, 9.17) is 5.73 Å².